The van der Waals surface area contributed by atoms with Gasteiger partial charge in [0.1, 0.15) is 6.20 Å². The minimum Gasteiger partial charge on any atom is -1.00 e. The number of anilines is 1. The SMILES string of the molecule is CCN(CC[n+]1ccccc1)c1ccc(N=Nc2ncc([N+](=O)[O-])s2)c(C)c1.[Cl-]. The third kappa shape index (κ3) is 6.03. The Hall–Kier alpha value is -2.91. The van der Waals surface area contributed by atoms with Crippen molar-refractivity contribution < 1.29 is 21.9 Å². The maximum absolute atomic E-state index is 10.7. The van der Waals surface area contributed by atoms with Gasteiger partial charge in [-0.3, -0.25) is 10.1 Å². The summed E-state index contributed by atoms with van der Waals surface area (Å²) in [5.41, 5.74) is 2.83. The van der Waals surface area contributed by atoms with E-state index in [9.17, 15) is 10.1 Å². The highest BCUT2D eigenvalue weighted by molar-refractivity contribution is 7.18. The van der Waals surface area contributed by atoms with Crippen molar-refractivity contribution in [3.63, 3.8) is 0 Å². The summed E-state index contributed by atoms with van der Waals surface area (Å²) in [6, 6.07) is 12.1. The van der Waals surface area contributed by atoms with Crippen LogP contribution in [0.5, 0.6) is 0 Å². The number of thiazole rings is 1. The topological polar surface area (TPSA) is 87.9 Å². The molecule has 10 heteroatoms. The minimum atomic E-state index is -0.482. The molecule has 0 saturated carbocycles. The number of nitro groups is 1. The molecule has 0 aliphatic carbocycles. The number of pyridine rings is 1. The Morgan fingerprint density at radius 2 is 2.00 bits per heavy atom. The van der Waals surface area contributed by atoms with Crippen molar-refractivity contribution in [2.45, 2.75) is 20.4 Å². The van der Waals surface area contributed by atoms with E-state index < -0.39 is 4.92 Å². The van der Waals surface area contributed by atoms with Crippen LogP contribution >= 0.6 is 11.3 Å². The van der Waals surface area contributed by atoms with Gasteiger partial charge in [-0.2, -0.15) is 0 Å². The molecule has 8 nitrogen and oxygen atoms in total. The van der Waals surface area contributed by atoms with Crippen molar-refractivity contribution in [3.8, 4) is 0 Å². The molecule has 0 spiro atoms. The molecule has 3 rings (SSSR count). The van der Waals surface area contributed by atoms with Crippen molar-refractivity contribution in [3.05, 3.63) is 70.7 Å². The molecule has 3 aromatic rings. The number of aryl methyl sites for hydroxylation is 1. The van der Waals surface area contributed by atoms with Gasteiger partial charge in [0, 0.05) is 24.4 Å². The fourth-order valence-corrected chi connectivity index (χ4v) is 3.28. The quantitative estimate of drug-likeness (QED) is 0.234. The van der Waals surface area contributed by atoms with Gasteiger partial charge >= 0.3 is 5.00 Å². The third-order valence-corrected chi connectivity index (χ3v) is 5.07. The molecule has 0 fully saturated rings. The lowest BCUT2D eigenvalue weighted by molar-refractivity contribution is -0.694. The summed E-state index contributed by atoms with van der Waals surface area (Å²) in [7, 11) is 0. The zero-order chi connectivity index (χ0) is 19.9. The van der Waals surface area contributed by atoms with Crippen molar-refractivity contribution in [1.29, 1.82) is 0 Å². The zero-order valence-electron chi connectivity index (χ0n) is 16.1. The van der Waals surface area contributed by atoms with Crippen LogP contribution in [0.4, 0.5) is 21.5 Å². The molecule has 2 heterocycles. The van der Waals surface area contributed by atoms with Gasteiger partial charge in [0.2, 0.25) is 5.13 Å². The van der Waals surface area contributed by atoms with Crippen LogP contribution in [0, 0.1) is 17.0 Å². The maximum Gasteiger partial charge on any atom is 0.345 e. The smallest absolute Gasteiger partial charge is 0.345 e. The second kappa shape index (κ2) is 10.6. The van der Waals surface area contributed by atoms with Gasteiger partial charge in [-0.25, -0.2) is 9.55 Å². The first-order chi connectivity index (χ1) is 13.6. The molecule has 0 radical (unpaired) electrons. The highest BCUT2D eigenvalue weighted by Gasteiger charge is 2.12. The van der Waals surface area contributed by atoms with Crippen molar-refractivity contribution in [2.24, 2.45) is 10.2 Å². The van der Waals surface area contributed by atoms with E-state index in [4.69, 9.17) is 0 Å². The summed E-state index contributed by atoms with van der Waals surface area (Å²) in [5, 5.41) is 19.2. The Kier molecular flexibility index (Phi) is 8.17. The first kappa shape index (κ1) is 22.4. The Balaban J connectivity index is 0.00000300. The highest BCUT2D eigenvalue weighted by atomic mass is 35.5. The number of hydrogen-bond donors (Lipinski definition) is 0. The first-order valence-electron chi connectivity index (χ1n) is 8.88. The second-order valence-electron chi connectivity index (χ2n) is 6.10. The summed E-state index contributed by atoms with van der Waals surface area (Å²) in [4.78, 5) is 16.4. The monoisotopic (exact) mass is 432 g/mol. The standard InChI is InChI=1S/C19H21N6O2S.ClH/c1-3-24(12-11-23-9-5-4-6-10-23)16-7-8-17(15(2)13-16)21-22-19-20-14-18(28-19)25(26)27;/h4-10,13-14H,3,11-12H2,1-2H3;1H/q+1;/p-1. The van der Waals surface area contributed by atoms with E-state index in [0.717, 1.165) is 47.9 Å². The Labute approximate surface area is 179 Å². The van der Waals surface area contributed by atoms with Gasteiger partial charge in [0.25, 0.3) is 0 Å². The second-order valence-corrected chi connectivity index (χ2v) is 7.09. The molecule has 0 aliphatic rings. The number of halogens is 1. The number of hydrogen-bond acceptors (Lipinski definition) is 7. The largest absolute Gasteiger partial charge is 1.00 e. The third-order valence-electron chi connectivity index (χ3n) is 4.24. The lowest BCUT2D eigenvalue weighted by Crippen LogP contribution is -3.00. The average molecular weight is 433 g/mol. The van der Waals surface area contributed by atoms with Crippen molar-refractivity contribution >= 4 is 32.8 Å². The fraction of sp³-hybridized carbons (Fsp3) is 0.263. The van der Waals surface area contributed by atoms with Crippen molar-refractivity contribution in [1.82, 2.24) is 4.98 Å². The van der Waals surface area contributed by atoms with Crippen LogP contribution in [-0.4, -0.2) is 23.0 Å². The van der Waals surface area contributed by atoms with Crippen LogP contribution in [0.2, 0.25) is 0 Å². The predicted octanol–water partition coefficient (Wildman–Crippen LogP) is 1.59. The molecule has 0 atom stereocenters. The van der Waals surface area contributed by atoms with E-state index in [2.05, 4.69) is 50.1 Å². The number of azo groups is 1. The molecule has 0 aliphatic heterocycles. The van der Waals surface area contributed by atoms with Gasteiger partial charge in [-0.1, -0.05) is 6.07 Å². The number of aromatic nitrogens is 2. The summed E-state index contributed by atoms with van der Waals surface area (Å²) >= 11 is 0.901. The number of nitrogens with zero attached hydrogens (tertiary/aromatic N) is 6. The molecule has 0 N–H and O–H groups in total. The van der Waals surface area contributed by atoms with E-state index >= 15 is 0 Å². The van der Waals surface area contributed by atoms with E-state index in [1.165, 1.54) is 6.20 Å². The molecule has 1 aromatic carbocycles. The minimum absolute atomic E-state index is 0. The van der Waals surface area contributed by atoms with Crippen LogP contribution < -0.4 is 21.9 Å². The summed E-state index contributed by atoms with van der Waals surface area (Å²) in [6.07, 6.45) is 5.32. The van der Waals surface area contributed by atoms with Crippen LogP contribution in [0.1, 0.15) is 12.5 Å². The van der Waals surface area contributed by atoms with Crippen molar-refractivity contribution in [2.75, 3.05) is 18.0 Å². The van der Waals surface area contributed by atoms with E-state index in [-0.39, 0.29) is 22.5 Å². The summed E-state index contributed by atoms with van der Waals surface area (Å²) < 4.78 is 2.16. The summed E-state index contributed by atoms with van der Waals surface area (Å²) in [5.74, 6) is 0. The first-order valence-corrected chi connectivity index (χ1v) is 9.70. The lowest BCUT2D eigenvalue weighted by Gasteiger charge is -2.22. The molecule has 0 bridgehead atoms. The van der Waals surface area contributed by atoms with Gasteiger partial charge in [0.05, 0.1) is 17.2 Å². The molecule has 0 amide bonds. The Morgan fingerprint density at radius 3 is 2.62 bits per heavy atom. The fourth-order valence-electron chi connectivity index (χ4n) is 2.72. The number of likely N-dealkylation sites (N-methyl/N-ethyl adjacent to an activating group) is 1. The molecule has 152 valence electrons. The van der Waals surface area contributed by atoms with Gasteiger partial charge in [0.15, 0.2) is 18.9 Å². The summed E-state index contributed by atoms with van der Waals surface area (Å²) in [6.45, 7) is 6.80. The number of rotatable bonds is 8. The molecular weight excluding hydrogens is 412 g/mol. The maximum atomic E-state index is 10.7. The van der Waals surface area contributed by atoms with Crippen LogP contribution in [0.15, 0.2) is 65.2 Å². The number of benzene rings is 1. The normalized spacial score (nSPS) is 10.7. The van der Waals surface area contributed by atoms with E-state index in [0.29, 0.717) is 0 Å². The van der Waals surface area contributed by atoms with Crippen LogP contribution in [0.3, 0.4) is 0 Å². The van der Waals surface area contributed by atoms with E-state index in [1.807, 2.05) is 37.3 Å². The Morgan fingerprint density at radius 1 is 1.24 bits per heavy atom. The molecule has 0 saturated heterocycles. The molecule has 2 aromatic heterocycles. The molecule has 29 heavy (non-hydrogen) atoms. The van der Waals surface area contributed by atoms with E-state index in [1.54, 1.807) is 0 Å². The van der Waals surface area contributed by atoms with Gasteiger partial charge < -0.3 is 17.3 Å². The molecule has 0 unspecified atom stereocenters. The molecular formula is C19H21ClN6O2S. The zero-order valence-corrected chi connectivity index (χ0v) is 17.7. The van der Waals surface area contributed by atoms with Crippen LogP contribution in [0.25, 0.3) is 0 Å². The van der Waals surface area contributed by atoms with Gasteiger partial charge in [-0.05, 0) is 48.9 Å². The predicted molar refractivity (Wildman–Crippen MR) is 109 cm³/mol. The van der Waals surface area contributed by atoms with Crippen LogP contribution in [-0.2, 0) is 6.54 Å². The average Bonchev–Trinajstić information content (AvgIpc) is 3.18. The lowest BCUT2D eigenvalue weighted by atomic mass is 10.1. The highest BCUT2D eigenvalue weighted by Crippen LogP contribution is 2.30. The Bertz CT molecular complexity index is 980. The van der Waals surface area contributed by atoms with Gasteiger partial charge in [-0.15, -0.1) is 10.2 Å².